The van der Waals surface area contributed by atoms with Gasteiger partial charge in [0.25, 0.3) is 0 Å². The molecular formula is C10H7BrF3NO3. The van der Waals surface area contributed by atoms with Gasteiger partial charge in [0.15, 0.2) is 0 Å². The number of benzene rings is 1. The number of carbonyl (C=O) groups is 1. The highest BCUT2D eigenvalue weighted by atomic mass is 79.9. The largest absolute Gasteiger partial charge is 0.573 e. The highest BCUT2D eigenvalue weighted by Crippen LogP contribution is 2.36. The van der Waals surface area contributed by atoms with Gasteiger partial charge in [-0.15, -0.1) is 13.2 Å². The van der Waals surface area contributed by atoms with Crippen LogP contribution in [0, 0.1) is 0 Å². The molecule has 0 saturated carbocycles. The van der Waals surface area contributed by atoms with Crippen LogP contribution in [0.1, 0.15) is 5.56 Å². The number of nitrogen functional groups attached to an aromatic ring is 1. The molecule has 0 radical (unpaired) electrons. The SMILES string of the molecule is Nc1ccc(OC(F)(F)F)c(Br)c1/C=C/C(=O)O. The summed E-state index contributed by atoms with van der Waals surface area (Å²) in [7, 11) is 0. The summed E-state index contributed by atoms with van der Waals surface area (Å²) in [6, 6.07) is 2.22. The van der Waals surface area contributed by atoms with Crippen molar-refractivity contribution in [1.29, 1.82) is 0 Å². The van der Waals surface area contributed by atoms with Crippen molar-refractivity contribution in [3.8, 4) is 5.75 Å². The number of hydrogen-bond donors (Lipinski definition) is 2. The molecule has 4 nitrogen and oxygen atoms in total. The lowest BCUT2D eigenvalue weighted by Crippen LogP contribution is -2.17. The summed E-state index contributed by atoms with van der Waals surface area (Å²) in [5.74, 6) is -1.75. The Hall–Kier alpha value is -1.70. The van der Waals surface area contributed by atoms with Gasteiger partial charge in [-0.3, -0.25) is 0 Å². The van der Waals surface area contributed by atoms with Gasteiger partial charge in [0.05, 0.1) is 4.47 Å². The molecule has 0 amide bonds. The van der Waals surface area contributed by atoms with Gasteiger partial charge in [0.1, 0.15) is 5.75 Å². The number of alkyl halides is 3. The van der Waals surface area contributed by atoms with Gasteiger partial charge in [-0.05, 0) is 34.1 Å². The van der Waals surface area contributed by atoms with E-state index in [1.54, 1.807) is 0 Å². The van der Waals surface area contributed by atoms with Crippen LogP contribution in [0.15, 0.2) is 22.7 Å². The Labute approximate surface area is 108 Å². The van der Waals surface area contributed by atoms with Crippen LogP contribution < -0.4 is 10.5 Å². The van der Waals surface area contributed by atoms with Crippen LogP contribution >= 0.6 is 15.9 Å². The van der Waals surface area contributed by atoms with Crippen LogP contribution in [0.3, 0.4) is 0 Å². The van der Waals surface area contributed by atoms with Crippen LogP contribution in [0.5, 0.6) is 5.75 Å². The van der Waals surface area contributed by atoms with E-state index in [-0.39, 0.29) is 15.7 Å². The molecule has 0 heterocycles. The van der Waals surface area contributed by atoms with Gasteiger partial charge in [0.2, 0.25) is 0 Å². The quantitative estimate of drug-likeness (QED) is 0.661. The first-order valence-corrected chi connectivity index (χ1v) is 5.24. The molecule has 0 fully saturated rings. The van der Waals surface area contributed by atoms with Crippen molar-refractivity contribution in [2.75, 3.05) is 5.73 Å². The van der Waals surface area contributed by atoms with Crippen molar-refractivity contribution in [1.82, 2.24) is 0 Å². The predicted octanol–water partition coefficient (Wildman–Crippen LogP) is 3.03. The minimum absolute atomic E-state index is 0.0719. The molecule has 18 heavy (non-hydrogen) atoms. The maximum atomic E-state index is 12.1. The number of ether oxygens (including phenoxy) is 1. The number of nitrogens with two attached hydrogens (primary N) is 1. The number of carboxylic acids is 1. The summed E-state index contributed by atoms with van der Waals surface area (Å²) in [4.78, 5) is 10.4. The van der Waals surface area contributed by atoms with Crippen LogP contribution in [-0.4, -0.2) is 17.4 Å². The molecule has 0 spiro atoms. The standard InChI is InChI=1S/C10H7BrF3NO3/c11-9-5(1-4-8(16)17)6(15)2-3-7(9)18-10(12,13)14/h1-4H,15H2,(H,16,17)/b4-1+. The van der Waals surface area contributed by atoms with Crippen LogP contribution in [-0.2, 0) is 4.79 Å². The normalized spacial score (nSPS) is 11.8. The molecular weight excluding hydrogens is 319 g/mol. The van der Waals surface area contributed by atoms with E-state index in [9.17, 15) is 18.0 Å². The number of anilines is 1. The van der Waals surface area contributed by atoms with Crippen LogP contribution in [0.4, 0.5) is 18.9 Å². The molecule has 0 unspecified atom stereocenters. The van der Waals surface area contributed by atoms with Gasteiger partial charge in [-0.2, -0.15) is 0 Å². The lowest BCUT2D eigenvalue weighted by molar-refractivity contribution is -0.274. The van der Waals surface area contributed by atoms with E-state index >= 15 is 0 Å². The third kappa shape index (κ3) is 3.95. The van der Waals surface area contributed by atoms with E-state index in [0.29, 0.717) is 0 Å². The molecule has 0 bridgehead atoms. The van der Waals surface area contributed by atoms with E-state index in [0.717, 1.165) is 18.2 Å². The smallest absolute Gasteiger partial charge is 0.478 e. The van der Waals surface area contributed by atoms with Gasteiger partial charge in [-0.1, -0.05) is 0 Å². The maximum absolute atomic E-state index is 12.1. The minimum atomic E-state index is -4.84. The summed E-state index contributed by atoms with van der Waals surface area (Å²) < 4.78 is 39.9. The molecule has 1 aromatic rings. The average molecular weight is 326 g/mol. The fourth-order valence-electron chi connectivity index (χ4n) is 1.12. The number of rotatable bonds is 3. The maximum Gasteiger partial charge on any atom is 0.573 e. The zero-order chi connectivity index (χ0) is 13.9. The Morgan fingerprint density at radius 3 is 2.56 bits per heavy atom. The molecule has 1 rings (SSSR count). The lowest BCUT2D eigenvalue weighted by atomic mass is 10.1. The van der Waals surface area contributed by atoms with E-state index in [4.69, 9.17) is 10.8 Å². The molecule has 3 N–H and O–H groups in total. The molecule has 0 aliphatic heterocycles. The molecule has 0 aliphatic rings. The number of hydrogen-bond acceptors (Lipinski definition) is 3. The van der Waals surface area contributed by atoms with E-state index in [1.807, 2.05) is 0 Å². The summed E-state index contributed by atoms with van der Waals surface area (Å²) in [6.45, 7) is 0. The average Bonchev–Trinajstić information content (AvgIpc) is 2.20. The van der Waals surface area contributed by atoms with Gasteiger partial charge in [-0.25, -0.2) is 4.79 Å². The second kappa shape index (κ2) is 5.30. The zero-order valence-electron chi connectivity index (χ0n) is 8.66. The molecule has 0 aliphatic carbocycles. The minimum Gasteiger partial charge on any atom is -0.478 e. The Bertz CT molecular complexity index is 500. The number of carboxylic acid groups (broad SMARTS) is 1. The van der Waals surface area contributed by atoms with Crippen LogP contribution in [0.25, 0.3) is 6.08 Å². The fourth-order valence-corrected chi connectivity index (χ4v) is 1.69. The van der Waals surface area contributed by atoms with Crippen molar-refractivity contribution in [2.24, 2.45) is 0 Å². The van der Waals surface area contributed by atoms with E-state index in [1.165, 1.54) is 6.07 Å². The van der Waals surface area contributed by atoms with Crippen LogP contribution in [0.2, 0.25) is 0 Å². The predicted molar refractivity (Wildman–Crippen MR) is 61.9 cm³/mol. The summed E-state index contributed by atoms with van der Waals surface area (Å²) in [5.41, 5.74) is 5.75. The summed E-state index contributed by atoms with van der Waals surface area (Å²) >= 11 is 2.89. The van der Waals surface area contributed by atoms with Gasteiger partial charge in [0, 0.05) is 17.3 Å². The van der Waals surface area contributed by atoms with Crippen molar-refractivity contribution >= 4 is 33.7 Å². The fraction of sp³-hybridized carbons (Fsp3) is 0.100. The summed E-state index contributed by atoms with van der Waals surface area (Å²) in [6.07, 6.45) is -3.01. The first kappa shape index (κ1) is 14.4. The number of aliphatic carboxylic acids is 1. The van der Waals surface area contributed by atoms with Gasteiger partial charge >= 0.3 is 12.3 Å². The molecule has 8 heteroatoms. The van der Waals surface area contributed by atoms with Gasteiger partial charge < -0.3 is 15.6 Å². The Kier molecular flexibility index (Phi) is 4.23. The highest BCUT2D eigenvalue weighted by Gasteiger charge is 2.32. The monoisotopic (exact) mass is 325 g/mol. The topological polar surface area (TPSA) is 72.5 Å². The van der Waals surface area contributed by atoms with E-state index in [2.05, 4.69) is 20.7 Å². The zero-order valence-corrected chi connectivity index (χ0v) is 10.2. The summed E-state index contributed by atoms with van der Waals surface area (Å²) in [5, 5.41) is 8.46. The number of halogens is 4. The van der Waals surface area contributed by atoms with Crippen molar-refractivity contribution < 1.29 is 27.8 Å². The highest BCUT2D eigenvalue weighted by molar-refractivity contribution is 9.10. The third-order valence-electron chi connectivity index (χ3n) is 1.80. The van der Waals surface area contributed by atoms with Crippen molar-refractivity contribution in [3.63, 3.8) is 0 Å². The molecule has 98 valence electrons. The first-order valence-electron chi connectivity index (χ1n) is 4.45. The molecule has 0 atom stereocenters. The van der Waals surface area contributed by atoms with Crippen molar-refractivity contribution in [2.45, 2.75) is 6.36 Å². The second-order valence-corrected chi connectivity index (χ2v) is 3.89. The third-order valence-corrected chi connectivity index (χ3v) is 2.61. The van der Waals surface area contributed by atoms with E-state index < -0.39 is 18.1 Å². The Balaban J connectivity index is 3.18. The lowest BCUT2D eigenvalue weighted by Gasteiger charge is -2.13. The molecule has 0 saturated heterocycles. The molecule has 1 aromatic carbocycles. The Morgan fingerprint density at radius 2 is 2.06 bits per heavy atom. The first-order chi connectivity index (χ1) is 8.20. The van der Waals surface area contributed by atoms with Crippen molar-refractivity contribution in [3.05, 3.63) is 28.2 Å². The second-order valence-electron chi connectivity index (χ2n) is 3.10. The molecule has 0 aromatic heterocycles. The Morgan fingerprint density at radius 1 is 1.44 bits per heavy atom.